The third-order valence-corrected chi connectivity index (χ3v) is 2.39. The molecule has 1 heterocycles. The van der Waals surface area contributed by atoms with E-state index in [9.17, 15) is 4.79 Å². The molecule has 54 valence electrons. The lowest BCUT2D eigenvalue weighted by Gasteiger charge is -1.99. The first-order valence-electron chi connectivity index (χ1n) is 3.11. The van der Waals surface area contributed by atoms with Gasteiger partial charge >= 0.3 is 0 Å². The first kappa shape index (κ1) is 7.41. The maximum Gasteiger partial charge on any atom is 0.139 e. The molecule has 0 bridgehead atoms. The number of aromatic nitrogens is 1. The average Bonchev–Trinajstić information content (AvgIpc) is 2.36. The standard InChI is InChI=1S/C7H9NOS/c1-5(6(2)9)7-8-3-4-10-7/h3-5H,1-2H3. The molecule has 0 aliphatic heterocycles. The van der Waals surface area contributed by atoms with Crippen LogP contribution in [0.4, 0.5) is 0 Å². The number of rotatable bonds is 2. The molecule has 1 rings (SSSR count). The van der Waals surface area contributed by atoms with Gasteiger partial charge in [-0.2, -0.15) is 0 Å². The van der Waals surface area contributed by atoms with Crippen LogP contribution in [0.25, 0.3) is 0 Å². The molecule has 0 aliphatic carbocycles. The fourth-order valence-electron chi connectivity index (χ4n) is 0.622. The Labute approximate surface area is 63.9 Å². The molecule has 0 amide bonds. The summed E-state index contributed by atoms with van der Waals surface area (Å²) in [4.78, 5) is 14.8. The van der Waals surface area contributed by atoms with Crippen LogP contribution in [0.15, 0.2) is 11.6 Å². The maximum absolute atomic E-state index is 10.8. The van der Waals surface area contributed by atoms with Gasteiger partial charge in [0.1, 0.15) is 10.8 Å². The molecule has 1 aromatic heterocycles. The lowest BCUT2D eigenvalue weighted by atomic mass is 10.1. The van der Waals surface area contributed by atoms with Crippen molar-refractivity contribution in [3.05, 3.63) is 16.6 Å². The number of ketones is 1. The van der Waals surface area contributed by atoms with Crippen molar-refractivity contribution in [3.63, 3.8) is 0 Å². The van der Waals surface area contributed by atoms with Gasteiger partial charge in [-0.1, -0.05) is 0 Å². The Morgan fingerprint density at radius 2 is 2.50 bits per heavy atom. The van der Waals surface area contributed by atoms with Gasteiger partial charge in [0.15, 0.2) is 0 Å². The molecule has 1 unspecified atom stereocenters. The highest BCUT2D eigenvalue weighted by Crippen LogP contribution is 2.17. The van der Waals surface area contributed by atoms with E-state index in [0.29, 0.717) is 0 Å². The van der Waals surface area contributed by atoms with E-state index in [2.05, 4.69) is 4.98 Å². The number of nitrogens with zero attached hydrogens (tertiary/aromatic N) is 1. The Morgan fingerprint density at radius 1 is 1.80 bits per heavy atom. The van der Waals surface area contributed by atoms with Crippen LogP contribution in [0, 0.1) is 0 Å². The van der Waals surface area contributed by atoms with Crippen molar-refractivity contribution >= 4 is 17.1 Å². The Morgan fingerprint density at radius 3 is 2.90 bits per heavy atom. The minimum absolute atomic E-state index is 0.0278. The summed E-state index contributed by atoms with van der Waals surface area (Å²) in [5, 5.41) is 2.79. The Balaban J connectivity index is 2.77. The van der Waals surface area contributed by atoms with Crippen molar-refractivity contribution in [1.29, 1.82) is 0 Å². The van der Waals surface area contributed by atoms with Gasteiger partial charge in [-0.25, -0.2) is 4.98 Å². The summed E-state index contributed by atoms with van der Waals surface area (Å²) in [5.74, 6) is 0.148. The van der Waals surface area contributed by atoms with Gasteiger partial charge in [-0.3, -0.25) is 4.79 Å². The summed E-state index contributed by atoms with van der Waals surface area (Å²) < 4.78 is 0. The van der Waals surface area contributed by atoms with E-state index >= 15 is 0 Å². The summed E-state index contributed by atoms with van der Waals surface area (Å²) in [7, 11) is 0. The number of hydrogen-bond acceptors (Lipinski definition) is 3. The van der Waals surface area contributed by atoms with Gasteiger partial charge in [0.2, 0.25) is 0 Å². The molecule has 0 fully saturated rings. The zero-order valence-corrected chi connectivity index (χ0v) is 6.81. The monoisotopic (exact) mass is 155 g/mol. The largest absolute Gasteiger partial charge is 0.299 e. The third-order valence-electron chi connectivity index (χ3n) is 1.43. The molecule has 0 spiro atoms. The van der Waals surface area contributed by atoms with Gasteiger partial charge in [0, 0.05) is 11.6 Å². The lowest BCUT2D eigenvalue weighted by molar-refractivity contribution is -0.118. The number of carbonyl (C=O) groups excluding carboxylic acids is 1. The van der Waals surface area contributed by atoms with E-state index in [1.165, 1.54) is 11.3 Å². The first-order valence-corrected chi connectivity index (χ1v) is 3.99. The smallest absolute Gasteiger partial charge is 0.139 e. The van der Waals surface area contributed by atoms with Crippen LogP contribution in [0.5, 0.6) is 0 Å². The Kier molecular flexibility index (Phi) is 2.17. The molecule has 10 heavy (non-hydrogen) atoms. The zero-order chi connectivity index (χ0) is 7.56. The van der Waals surface area contributed by atoms with Crippen LogP contribution >= 0.6 is 11.3 Å². The van der Waals surface area contributed by atoms with Crippen LogP contribution in [-0.2, 0) is 4.79 Å². The predicted octanol–water partition coefficient (Wildman–Crippen LogP) is 1.84. The molecule has 0 radical (unpaired) electrons. The van der Waals surface area contributed by atoms with Crippen LogP contribution in [0.1, 0.15) is 24.8 Å². The molecule has 0 aromatic carbocycles. The first-order chi connectivity index (χ1) is 4.72. The van der Waals surface area contributed by atoms with Gasteiger partial charge < -0.3 is 0 Å². The SMILES string of the molecule is CC(=O)C(C)c1nccs1. The maximum atomic E-state index is 10.8. The average molecular weight is 155 g/mol. The second-order valence-electron chi connectivity index (χ2n) is 2.20. The molecule has 0 aliphatic rings. The minimum Gasteiger partial charge on any atom is -0.299 e. The van der Waals surface area contributed by atoms with Crippen molar-refractivity contribution in [3.8, 4) is 0 Å². The van der Waals surface area contributed by atoms with E-state index in [1.54, 1.807) is 13.1 Å². The molecule has 0 saturated carbocycles. The van der Waals surface area contributed by atoms with Gasteiger partial charge in [-0.05, 0) is 13.8 Å². The van der Waals surface area contributed by atoms with Crippen molar-refractivity contribution in [1.82, 2.24) is 4.98 Å². The molecule has 0 saturated heterocycles. The van der Waals surface area contributed by atoms with Crippen molar-refractivity contribution in [2.75, 3.05) is 0 Å². The zero-order valence-electron chi connectivity index (χ0n) is 6.00. The van der Waals surface area contributed by atoms with Gasteiger partial charge in [-0.15, -0.1) is 11.3 Å². The second kappa shape index (κ2) is 2.92. The van der Waals surface area contributed by atoms with Crippen molar-refractivity contribution in [2.24, 2.45) is 0 Å². The molecular weight excluding hydrogens is 146 g/mol. The molecule has 1 aromatic rings. The van der Waals surface area contributed by atoms with Crippen LogP contribution in [0.2, 0.25) is 0 Å². The minimum atomic E-state index is -0.0278. The van der Waals surface area contributed by atoms with Crippen LogP contribution < -0.4 is 0 Å². The van der Waals surface area contributed by atoms with E-state index in [-0.39, 0.29) is 11.7 Å². The highest BCUT2D eigenvalue weighted by molar-refractivity contribution is 7.09. The fourth-order valence-corrected chi connectivity index (χ4v) is 1.38. The number of hydrogen-bond donors (Lipinski definition) is 0. The highest BCUT2D eigenvalue weighted by atomic mass is 32.1. The Hall–Kier alpha value is -0.700. The molecule has 1 atom stereocenters. The molecule has 2 nitrogen and oxygen atoms in total. The molecular formula is C7H9NOS. The topological polar surface area (TPSA) is 30.0 Å². The fraction of sp³-hybridized carbons (Fsp3) is 0.429. The van der Waals surface area contributed by atoms with Crippen molar-refractivity contribution in [2.45, 2.75) is 19.8 Å². The normalized spacial score (nSPS) is 13.0. The number of Topliss-reactive ketones (excluding diaryl/α,β-unsaturated/α-hetero) is 1. The van der Waals surface area contributed by atoms with Crippen LogP contribution in [-0.4, -0.2) is 10.8 Å². The third kappa shape index (κ3) is 1.42. The van der Waals surface area contributed by atoms with E-state index in [4.69, 9.17) is 0 Å². The summed E-state index contributed by atoms with van der Waals surface area (Å²) in [6.45, 7) is 3.47. The van der Waals surface area contributed by atoms with E-state index in [1.807, 2.05) is 12.3 Å². The Bertz CT molecular complexity index is 218. The summed E-state index contributed by atoms with van der Waals surface area (Å²) in [6.07, 6.45) is 1.72. The van der Waals surface area contributed by atoms with Gasteiger partial charge in [0.25, 0.3) is 0 Å². The lowest BCUT2D eigenvalue weighted by Crippen LogP contribution is -2.02. The summed E-state index contributed by atoms with van der Waals surface area (Å²) >= 11 is 1.53. The van der Waals surface area contributed by atoms with Gasteiger partial charge in [0.05, 0.1) is 5.92 Å². The predicted molar refractivity (Wildman–Crippen MR) is 41.2 cm³/mol. The second-order valence-corrected chi connectivity index (χ2v) is 3.13. The molecule has 3 heteroatoms. The molecule has 0 N–H and O–H groups in total. The number of thiazole rings is 1. The van der Waals surface area contributed by atoms with Crippen LogP contribution in [0.3, 0.4) is 0 Å². The summed E-state index contributed by atoms with van der Waals surface area (Å²) in [5.41, 5.74) is 0. The number of carbonyl (C=O) groups is 1. The quantitative estimate of drug-likeness (QED) is 0.652. The van der Waals surface area contributed by atoms with E-state index in [0.717, 1.165) is 5.01 Å². The summed E-state index contributed by atoms with van der Waals surface area (Å²) in [6, 6.07) is 0. The highest BCUT2D eigenvalue weighted by Gasteiger charge is 2.11. The van der Waals surface area contributed by atoms with E-state index < -0.39 is 0 Å². The van der Waals surface area contributed by atoms with Crippen molar-refractivity contribution < 1.29 is 4.79 Å².